The molecule has 0 aliphatic carbocycles. The maximum atomic E-state index is 10.4. The van der Waals surface area contributed by atoms with Crippen LogP contribution in [0.5, 0.6) is 0 Å². The fourth-order valence-corrected chi connectivity index (χ4v) is 1.86. The van der Waals surface area contributed by atoms with E-state index in [2.05, 4.69) is 15.6 Å². The number of hydrogen-bond donors (Lipinski definition) is 3. The SMILES string of the molecule is CCNC(=NCC(C)(O)c1ccco1)NCCCOCCOC. The number of nitrogens with one attached hydrogen (secondary N) is 2. The lowest BCUT2D eigenvalue weighted by Crippen LogP contribution is -2.39. The molecule has 1 aromatic rings. The summed E-state index contributed by atoms with van der Waals surface area (Å²) in [5.74, 6) is 1.17. The third-order valence-electron chi connectivity index (χ3n) is 3.13. The Bertz CT molecular complexity index is 433. The minimum Gasteiger partial charge on any atom is -0.466 e. The molecule has 0 fully saturated rings. The van der Waals surface area contributed by atoms with Crippen LogP contribution >= 0.6 is 0 Å². The second-order valence-electron chi connectivity index (χ2n) is 5.33. The van der Waals surface area contributed by atoms with Crippen LogP contribution in [0.3, 0.4) is 0 Å². The number of aliphatic imine (C=N–C) groups is 1. The lowest BCUT2D eigenvalue weighted by Gasteiger charge is -2.19. The van der Waals surface area contributed by atoms with Gasteiger partial charge in [0.05, 0.1) is 26.0 Å². The van der Waals surface area contributed by atoms with E-state index < -0.39 is 5.60 Å². The largest absolute Gasteiger partial charge is 0.466 e. The summed E-state index contributed by atoms with van der Waals surface area (Å²) in [6, 6.07) is 3.49. The summed E-state index contributed by atoms with van der Waals surface area (Å²) in [5, 5.41) is 16.8. The maximum Gasteiger partial charge on any atom is 0.191 e. The first-order chi connectivity index (χ1) is 11.1. The number of furan rings is 1. The van der Waals surface area contributed by atoms with E-state index in [1.807, 2.05) is 6.92 Å². The Hall–Kier alpha value is -1.57. The van der Waals surface area contributed by atoms with E-state index in [-0.39, 0.29) is 6.54 Å². The van der Waals surface area contributed by atoms with Crippen molar-refractivity contribution in [2.24, 2.45) is 4.99 Å². The number of ether oxygens (including phenoxy) is 2. The van der Waals surface area contributed by atoms with Crippen molar-refractivity contribution in [3.63, 3.8) is 0 Å². The van der Waals surface area contributed by atoms with Crippen LogP contribution in [-0.4, -0.2) is 57.6 Å². The van der Waals surface area contributed by atoms with E-state index in [9.17, 15) is 5.11 Å². The number of nitrogens with zero attached hydrogens (tertiary/aromatic N) is 1. The lowest BCUT2D eigenvalue weighted by molar-refractivity contribution is 0.0437. The summed E-state index contributed by atoms with van der Waals surface area (Å²) in [6.07, 6.45) is 2.41. The molecule has 3 N–H and O–H groups in total. The zero-order valence-corrected chi connectivity index (χ0v) is 14.3. The van der Waals surface area contributed by atoms with Crippen LogP contribution in [0.15, 0.2) is 27.8 Å². The predicted octanol–water partition coefficient (Wildman–Crippen LogP) is 1.10. The minimum atomic E-state index is -1.13. The number of methoxy groups -OCH3 is 1. The molecule has 7 heteroatoms. The molecule has 0 saturated heterocycles. The van der Waals surface area contributed by atoms with Crippen LogP contribution in [0.25, 0.3) is 0 Å². The molecule has 1 atom stereocenters. The summed E-state index contributed by atoms with van der Waals surface area (Å²) in [4.78, 5) is 4.41. The van der Waals surface area contributed by atoms with Crippen LogP contribution in [-0.2, 0) is 15.1 Å². The molecule has 1 rings (SSSR count). The maximum absolute atomic E-state index is 10.4. The fourth-order valence-electron chi connectivity index (χ4n) is 1.86. The van der Waals surface area contributed by atoms with Crippen molar-refractivity contribution < 1.29 is 19.0 Å². The highest BCUT2D eigenvalue weighted by molar-refractivity contribution is 5.79. The van der Waals surface area contributed by atoms with Gasteiger partial charge in [-0.25, -0.2) is 4.99 Å². The van der Waals surface area contributed by atoms with Gasteiger partial charge in [0.2, 0.25) is 0 Å². The van der Waals surface area contributed by atoms with E-state index >= 15 is 0 Å². The average Bonchev–Trinajstić information content (AvgIpc) is 3.07. The van der Waals surface area contributed by atoms with Gasteiger partial charge in [-0.2, -0.15) is 0 Å². The molecule has 0 spiro atoms. The van der Waals surface area contributed by atoms with Gasteiger partial charge in [-0.15, -0.1) is 0 Å². The summed E-state index contributed by atoms with van der Waals surface area (Å²) in [6.45, 7) is 7.26. The topological polar surface area (TPSA) is 88.3 Å². The van der Waals surface area contributed by atoms with Crippen LogP contribution < -0.4 is 10.6 Å². The molecule has 0 aliphatic heterocycles. The zero-order valence-electron chi connectivity index (χ0n) is 14.3. The Morgan fingerprint density at radius 2 is 2.17 bits per heavy atom. The van der Waals surface area contributed by atoms with Gasteiger partial charge in [0.25, 0.3) is 0 Å². The molecule has 132 valence electrons. The van der Waals surface area contributed by atoms with Crippen molar-refractivity contribution >= 4 is 5.96 Å². The van der Waals surface area contributed by atoms with Gasteiger partial charge in [-0.3, -0.25) is 0 Å². The van der Waals surface area contributed by atoms with E-state index in [4.69, 9.17) is 13.9 Å². The van der Waals surface area contributed by atoms with Gasteiger partial charge in [-0.05, 0) is 32.4 Å². The molecule has 0 saturated carbocycles. The predicted molar refractivity (Wildman–Crippen MR) is 89.6 cm³/mol. The smallest absolute Gasteiger partial charge is 0.191 e. The van der Waals surface area contributed by atoms with E-state index in [1.54, 1.807) is 32.4 Å². The molecular weight excluding hydrogens is 298 g/mol. The standard InChI is InChI=1S/C16H29N3O4/c1-4-17-15(18-8-6-9-22-12-11-21-3)19-13-16(2,20)14-7-5-10-23-14/h5,7,10,20H,4,6,8-9,11-13H2,1-3H3,(H2,17,18,19). The molecule has 1 unspecified atom stereocenters. The van der Waals surface area contributed by atoms with Gasteiger partial charge in [0.1, 0.15) is 11.4 Å². The van der Waals surface area contributed by atoms with Crippen LogP contribution in [0.4, 0.5) is 0 Å². The van der Waals surface area contributed by atoms with Gasteiger partial charge in [0, 0.05) is 26.8 Å². The van der Waals surface area contributed by atoms with Gasteiger partial charge < -0.3 is 29.6 Å². The first kappa shape index (κ1) is 19.5. The quantitative estimate of drug-likeness (QED) is 0.320. The van der Waals surface area contributed by atoms with Gasteiger partial charge >= 0.3 is 0 Å². The molecule has 0 bridgehead atoms. The summed E-state index contributed by atoms with van der Waals surface area (Å²) in [5.41, 5.74) is -1.13. The third-order valence-corrected chi connectivity index (χ3v) is 3.13. The van der Waals surface area contributed by atoms with E-state index in [1.165, 1.54) is 0 Å². The minimum absolute atomic E-state index is 0.209. The molecule has 0 aliphatic rings. The van der Waals surface area contributed by atoms with Crippen molar-refractivity contribution in [3.05, 3.63) is 24.2 Å². The second kappa shape index (κ2) is 11.0. The highest BCUT2D eigenvalue weighted by Crippen LogP contribution is 2.20. The molecule has 0 amide bonds. The normalized spacial score (nSPS) is 14.5. The molecule has 0 radical (unpaired) electrons. The van der Waals surface area contributed by atoms with Crippen molar-refractivity contribution in [3.8, 4) is 0 Å². The van der Waals surface area contributed by atoms with E-state index in [0.29, 0.717) is 31.5 Å². The zero-order chi connectivity index (χ0) is 17.0. The first-order valence-corrected chi connectivity index (χ1v) is 7.95. The Kier molecular flexibility index (Phi) is 9.35. The Balaban J connectivity index is 2.35. The van der Waals surface area contributed by atoms with Crippen LogP contribution in [0, 0.1) is 0 Å². The molecular formula is C16H29N3O4. The molecule has 1 aromatic heterocycles. The molecule has 7 nitrogen and oxygen atoms in total. The fraction of sp³-hybridized carbons (Fsp3) is 0.688. The van der Waals surface area contributed by atoms with Crippen molar-refractivity contribution in [2.75, 3.05) is 46.6 Å². The van der Waals surface area contributed by atoms with E-state index in [0.717, 1.165) is 19.5 Å². The summed E-state index contributed by atoms with van der Waals surface area (Å²) in [7, 11) is 1.65. The Labute approximate surface area is 138 Å². The molecule has 1 heterocycles. The number of aliphatic hydroxyl groups is 1. The summed E-state index contributed by atoms with van der Waals surface area (Å²) >= 11 is 0. The van der Waals surface area contributed by atoms with Gasteiger partial charge in [0.15, 0.2) is 5.96 Å². The lowest BCUT2D eigenvalue weighted by atomic mass is 10.0. The van der Waals surface area contributed by atoms with Crippen molar-refractivity contribution in [2.45, 2.75) is 25.9 Å². The molecule has 0 aromatic carbocycles. The van der Waals surface area contributed by atoms with Crippen LogP contribution in [0.2, 0.25) is 0 Å². The Morgan fingerprint density at radius 1 is 1.35 bits per heavy atom. The third kappa shape index (κ3) is 8.01. The molecule has 23 heavy (non-hydrogen) atoms. The average molecular weight is 327 g/mol. The van der Waals surface area contributed by atoms with Crippen molar-refractivity contribution in [1.29, 1.82) is 0 Å². The van der Waals surface area contributed by atoms with Gasteiger partial charge in [-0.1, -0.05) is 0 Å². The van der Waals surface area contributed by atoms with Crippen molar-refractivity contribution in [1.82, 2.24) is 10.6 Å². The number of hydrogen-bond acceptors (Lipinski definition) is 5. The first-order valence-electron chi connectivity index (χ1n) is 7.95. The second-order valence-corrected chi connectivity index (χ2v) is 5.33. The Morgan fingerprint density at radius 3 is 2.83 bits per heavy atom. The highest BCUT2D eigenvalue weighted by Gasteiger charge is 2.25. The monoisotopic (exact) mass is 327 g/mol. The number of rotatable bonds is 11. The number of guanidine groups is 1. The summed E-state index contributed by atoms with van der Waals surface area (Å²) < 4.78 is 15.6. The van der Waals surface area contributed by atoms with Crippen LogP contribution in [0.1, 0.15) is 26.0 Å². The highest BCUT2D eigenvalue weighted by atomic mass is 16.5.